The number of anilines is 1. The molecular weight excluding hydrogens is 356 g/mol. The number of likely N-dealkylation sites (N-methyl/N-ethyl adjacent to an activating group) is 2. The Morgan fingerprint density at radius 3 is 2.36 bits per heavy atom. The number of nitrogens with zero attached hydrogens (tertiary/aromatic N) is 2. The van der Waals surface area contributed by atoms with Crippen LogP contribution in [0.25, 0.3) is 0 Å². The second-order valence-corrected chi connectivity index (χ2v) is 6.96. The van der Waals surface area contributed by atoms with E-state index in [1.54, 1.807) is 25.2 Å². The van der Waals surface area contributed by atoms with E-state index in [-0.39, 0.29) is 18.5 Å². The van der Waals surface area contributed by atoms with Gasteiger partial charge in [0.2, 0.25) is 0 Å². The highest BCUT2D eigenvalue weighted by atomic mass is 16.2. The van der Waals surface area contributed by atoms with Crippen molar-refractivity contribution in [2.75, 3.05) is 32.6 Å². The van der Waals surface area contributed by atoms with Gasteiger partial charge in [-0.2, -0.15) is 0 Å². The lowest BCUT2D eigenvalue weighted by atomic mass is 10.1. The van der Waals surface area contributed by atoms with E-state index < -0.39 is 17.9 Å². The van der Waals surface area contributed by atoms with E-state index in [0.29, 0.717) is 5.56 Å². The van der Waals surface area contributed by atoms with Crippen molar-refractivity contribution in [3.05, 3.63) is 65.7 Å². The van der Waals surface area contributed by atoms with Crippen LogP contribution in [0, 0.1) is 0 Å². The second-order valence-electron chi connectivity index (χ2n) is 6.96. The summed E-state index contributed by atoms with van der Waals surface area (Å²) < 4.78 is 0. The van der Waals surface area contributed by atoms with Gasteiger partial charge in [-0.15, -0.1) is 0 Å². The number of benzene rings is 2. The van der Waals surface area contributed by atoms with Crippen molar-refractivity contribution in [1.29, 1.82) is 0 Å². The number of nitrogens with one attached hydrogen (secondary N) is 2. The van der Waals surface area contributed by atoms with Gasteiger partial charge in [0.15, 0.2) is 0 Å². The summed E-state index contributed by atoms with van der Waals surface area (Å²) in [6.07, 6.45) is 0. The van der Waals surface area contributed by atoms with Gasteiger partial charge in [0.1, 0.15) is 6.04 Å². The standard InChI is InChI=1S/C21H24N4O3/c1-24(2)17(14-9-5-4-6-10-14)13-22-19(26)20(27)23-18-15-11-7-8-12-16(15)25(3)21(18)28/h4-12,17-18H,13H2,1-3H3,(H,22,26)(H,23,27)/t17-,18-/m1/s1. The summed E-state index contributed by atoms with van der Waals surface area (Å²) in [5.74, 6) is -1.85. The number of fused-ring (bicyclic) bond motifs is 1. The minimum Gasteiger partial charge on any atom is -0.346 e. The van der Waals surface area contributed by atoms with Crippen molar-refractivity contribution in [3.63, 3.8) is 0 Å². The molecule has 28 heavy (non-hydrogen) atoms. The van der Waals surface area contributed by atoms with E-state index in [1.165, 1.54) is 4.90 Å². The number of hydrogen-bond acceptors (Lipinski definition) is 4. The van der Waals surface area contributed by atoms with Crippen molar-refractivity contribution in [2.45, 2.75) is 12.1 Å². The van der Waals surface area contributed by atoms with Crippen LogP contribution in [0.1, 0.15) is 23.2 Å². The van der Waals surface area contributed by atoms with Gasteiger partial charge in [0, 0.05) is 24.8 Å². The van der Waals surface area contributed by atoms with Crippen LogP contribution >= 0.6 is 0 Å². The molecular formula is C21H24N4O3. The highest BCUT2D eigenvalue weighted by Gasteiger charge is 2.36. The summed E-state index contributed by atoms with van der Waals surface area (Å²) in [6.45, 7) is 0.276. The summed E-state index contributed by atoms with van der Waals surface area (Å²) in [5.41, 5.74) is 2.45. The Bertz CT molecular complexity index is 882. The largest absolute Gasteiger partial charge is 0.346 e. The van der Waals surface area contributed by atoms with Crippen molar-refractivity contribution in [3.8, 4) is 0 Å². The van der Waals surface area contributed by atoms with Crippen molar-refractivity contribution >= 4 is 23.4 Å². The highest BCUT2D eigenvalue weighted by molar-refractivity contribution is 6.35. The Labute approximate surface area is 164 Å². The van der Waals surface area contributed by atoms with Crippen molar-refractivity contribution < 1.29 is 14.4 Å². The molecule has 0 aromatic heterocycles. The quantitative estimate of drug-likeness (QED) is 0.765. The molecule has 0 bridgehead atoms. The maximum atomic E-state index is 12.4. The average molecular weight is 380 g/mol. The highest BCUT2D eigenvalue weighted by Crippen LogP contribution is 2.34. The predicted octanol–water partition coefficient (Wildman–Crippen LogP) is 1.24. The summed E-state index contributed by atoms with van der Waals surface area (Å²) in [5, 5.41) is 5.22. The van der Waals surface area contributed by atoms with Crippen LogP contribution in [0.2, 0.25) is 0 Å². The van der Waals surface area contributed by atoms with E-state index in [0.717, 1.165) is 11.3 Å². The molecule has 2 atom stereocenters. The van der Waals surface area contributed by atoms with Crippen LogP contribution < -0.4 is 15.5 Å². The van der Waals surface area contributed by atoms with E-state index in [2.05, 4.69) is 10.6 Å². The van der Waals surface area contributed by atoms with Crippen LogP contribution in [0.15, 0.2) is 54.6 Å². The fraction of sp³-hybridized carbons (Fsp3) is 0.286. The molecule has 0 fully saturated rings. The number of carbonyl (C=O) groups excluding carboxylic acids is 3. The monoisotopic (exact) mass is 380 g/mol. The second kappa shape index (κ2) is 8.22. The molecule has 1 aliphatic heterocycles. The lowest BCUT2D eigenvalue weighted by molar-refractivity contribution is -0.140. The molecule has 146 valence electrons. The van der Waals surface area contributed by atoms with E-state index in [4.69, 9.17) is 0 Å². The summed E-state index contributed by atoms with van der Waals surface area (Å²) in [6, 6.07) is 16.0. The minimum absolute atomic E-state index is 0.0714. The molecule has 3 rings (SSSR count). The van der Waals surface area contributed by atoms with E-state index in [1.807, 2.05) is 55.4 Å². The lowest BCUT2D eigenvalue weighted by Gasteiger charge is -2.25. The van der Waals surface area contributed by atoms with Gasteiger partial charge in [0.05, 0.1) is 6.04 Å². The first kappa shape index (κ1) is 19.6. The van der Waals surface area contributed by atoms with E-state index in [9.17, 15) is 14.4 Å². The third-order valence-electron chi connectivity index (χ3n) is 4.93. The average Bonchev–Trinajstić information content (AvgIpc) is 2.93. The molecule has 3 amide bonds. The van der Waals surface area contributed by atoms with Gasteiger partial charge in [0.25, 0.3) is 5.91 Å². The zero-order chi connectivity index (χ0) is 20.3. The van der Waals surface area contributed by atoms with Gasteiger partial charge in [-0.1, -0.05) is 48.5 Å². The SMILES string of the molecule is CN1C(=O)[C@H](NC(=O)C(=O)NC[C@H](c2ccccc2)N(C)C)c2ccccc21. The molecule has 0 unspecified atom stereocenters. The summed E-state index contributed by atoms with van der Waals surface area (Å²) >= 11 is 0. The fourth-order valence-electron chi connectivity index (χ4n) is 3.36. The molecule has 0 radical (unpaired) electrons. The molecule has 0 aliphatic carbocycles. The molecule has 2 aromatic carbocycles. The van der Waals surface area contributed by atoms with Crippen molar-refractivity contribution in [1.82, 2.24) is 15.5 Å². The van der Waals surface area contributed by atoms with Crippen LogP contribution in [0.5, 0.6) is 0 Å². The Morgan fingerprint density at radius 2 is 1.68 bits per heavy atom. The van der Waals surface area contributed by atoms with E-state index >= 15 is 0 Å². The normalized spacial score (nSPS) is 16.6. The Hall–Kier alpha value is -3.19. The maximum absolute atomic E-state index is 12.4. The minimum atomic E-state index is -0.849. The number of amides is 3. The van der Waals surface area contributed by atoms with Gasteiger partial charge >= 0.3 is 11.8 Å². The Morgan fingerprint density at radius 1 is 1.04 bits per heavy atom. The fourth-order valence-corrected chi connectivity index (χ4v) is 3.36. The van der Waals surface area contributed by atoms with Crippen LogP contribution in [-0.4, -0.2) is 50.3 Å². The molecule has 2 N–H and O–H groups in total. The first-order valence-electron chi connectivity index (χ1n) is 9.06. The number of rotatable bonds is 5. The first-order valence-corrected chi connectivity index (χ1v) is 9.06. The van der Waals surface area contributed by atoms with Gasteiger partial charge < -0.3 is 20.4 Å². The smallest absolute Gasteiger partial charge is 0.310 e. The van der Waals surface area contributed by atoms with Gasteiger partial charge in [-0.05, 0) is 25.7 Å². The number of carbonyl (C=O) groups is 3. The molecule has 1 heterocycles. The molecule has 7 nitrogen and oxygen atoms in total. The zero-order valence-electron chi connectivity index (χ0n) is 16.2. The molecule has 0 saturated carbocycles. The molecule has 0 spiro atoms. The predicted molar refractivity (Wildman–Crippen MR) is 107 cm³/mol. The van der Waals surface area contributed by atoms with Gasteiger partial charge in [-0.25, -0.2) is 0 Å². The van der Waals surface area contributed by atoms with Crippen LogP contribution in [-0.2, 0) is 14.4 Å². The Kier molecular flexibility index (Phi) is 5.75. The lowest BCUT2D eigenvalue weighted by Crippen LogP contribution is -2.45. The number of para-hydroxylation sites is 1. The first-order chi connectivity index (χ1) is 13.4. The summed E-state index contributed by atoms with van der Waals surface area (Å²) in [4.78, 5) is 40.6. The van der Waals surface area contributed by atoms with Crippen LogP contribution in [0.4, 0.5) is 5.69 Å². The maximum Gasteiger partial charge on any atom is 0.310 e. The number of hydrogen-bond donors (Lipinski definition) is 2. The third-order valence-corrected chi connectivity index (χ3v) is 4.93. The summed E-state index contributed by atoms with van der Waals surface area (Å²) in [7, 11) is 5.47. The third kappa shape index (κ3) is 3.89. The molecule has 1 aliphatic rings. The molecule has 7 heteroatoms. The van der Waals surface area contributed by atoms with Crippen LogP contribution in [0.3, 0.4) is 0 Å². The zero-order valence-corrected chi connectivity index (χ0v) is 16.2. The Balaban J connectivity index is 1.64. The molecule has 2 aromatic rings. The van der Waals surface area contributed by atoms with Gasteiger partial charge in [-0.3, -0.25) is 14.4 Å². The topological polar surface area (TPSA) is 81.8 Å². The van der Waals surface area contributed by atoms with Crippen molar-refractivity contribution in [2.24, 2.45) is 0 Å². The molecule has 0 saturated heterocycles.